The third-order valence-electron chi connectivity index (χ3n) is 2.64. The largest absolute Gasteiger partial charge is 0.317 e. The van der Waals surface area contributed by atoms with Gasteiger partial charge in [-0.2, -0.15) is 0 Å². The number of hydrogen-bond donors (Lipinski definition) is 1. The van der Waals surface area contributed by atoms with Crippen LogP contribution in [0.5, 0.6) is 0 Å². The average Bonchev–Trinajstić information content (AvgIpc) is 2.27. The Labute approximate surface area is 90.3 Å². The van der Waals surface area contributed by atoms with Crippen LogP contribution in [0.4, 0.5) is 0 Å². The maximum Gasteiger partial charge on any atom is 0.253 e. The molecule has 0 saturated carbocycles. The fourth-order valence-corrected chi connectivity index (χ4v) is 1.61. The molecule has 0 amide bonds. The molecule has 0 aliphatic rings. The molecule has 1 aromatic rings. The number of aryl methyl sites for hydroxylation is 1. The van der Waals surface area contributed by atoms with Gasteiger partial charge in [0.05, 0.1) is 6.33 Å². The molecule has 1 N–H and O–H groups in total. The molecule has 0 aliphatic heterocycles. The number of aromatic nitrogens is 2. The van der Waals surface area contributed by atoms with Crippen molar-refractivity contribution in [2.45, 2.75) is 38.8 Å². The molecule has 0 bridgehead atoms. The van der Waals surface area contributed by atoms with Gasteiger partial charge in [0.1, 0.15) is 0 Å². The van der Waals surface area contributed by atoms with Crippen LogP contribution < -0.4 is 10.9 Å². The molecule has 1 atom stereocenters. The molecule has 0 spiro atoms. The Hall–Kier alpha value is -1.16. The lowest BCUT2D eigenvalue weighted by Crippen LogP contribution is -2.25. The quantitative estimate of drug-likeness (QED) is 0.761. The van der Waals surface area contributed by atoms with E-state index in [2.05, 4.69) is 17.2 Å². The van der Waals surface area contributed by atoms with Crippen LogP contribution in [0.2, 0.25) is 0 Å². The summed E-state index contributed by atoms with van der Waals surface area (Å²) in [5.41, 5.74) is 0.0301. The van der Waals surface area contributed by atoms with Crippen molar-refractivity contribution in [3.05, 3.63) is 28.9 Å². The van der Waals surface area contributed by atoms with Crippen LogP contribution in [0.15, 0.2) is 23.4 Å². The first-order valence-corrected chi connectivity index (χ1v) is 5.45. The van der Waals surface area contributed by atoms with Crippen molar-refractivity contribution in [1.29, 1.82) is 0 Å². The highest BCUT2D eigenvalue weighted by Crippen LogP contribution is 2.01. The van der Waals surface area contributed by atoms with Crippen molar-refractivity contribution < 1.29 is 0 Å². The van der Waals surface area contributed by atoms with Crippen LogP contribution in [0, 0.1) is 0 Å². The van der Waals surface area contributed by atoms with E-state index in [1.807, 2.05) is 7.05 Å². The van der Waals surface area contributed by atoms with E-state index in [1.165, 1.54) is 12.3 Å². The summed E-state index contributed by atoms with van der Waals surface area (Å²) < 4.78 is 1.66. The van der Waals surface area contributed by atoms with Crippen molar-refractivity contribution >= 4 is 0 Å². The minimum absolute atomic E-state index is 0.0301. The van der Waals surface area contributed by atoms with Crippen LogP contribution in [0.3, 0.4) is 0 Å². The molecule has 0 saturated heterocycles. The summed E-state index contributed by atoms with van der Waals surface area (Å²) >= 11 is 0. The number of nitrogens with one attached hydrogen (secondary N) is 1. The van der Waals surface area contributed by atoms with Crippen LogP contribution in [-0.4, -0.2) is 22.6 Å². The minimum Gasteiger partial charge on any atom is -0.317 e. The van der Waals surface area contributed by atoms with Crippen molar-refractivity contribution in [1.82, 2.24) is 14.9 Å². The van der Waals surface area contributed by atoms with Crippen molar-refractivity contribution in [3.63, 3.8) is 0 Å². The normalized spacial score (nSPS) is 12.7. The smallest absolute Gasteiger partial charge is 0.253 e. The molecule has 1 rings (SSSR count). The summed E-state index contributed by atoms with van der Waals surface area (Å²) in [4.78, 5) is 15.3. The predicted octanol–water partition coefficient (Wildman–Crippen LogP) is 1.02. The third kappa shape index (κ3) is 3.83. The Bertz CT molecular complexity index is 331. The van der Waals surface area contributed by atoms with Crippen LogP contribution in [0.1, 0.15) is 26.2 Å². The first kappa shape index (κ1) is 11.9. The van der Waals surface area contributed by atoms with E-state index >= 15 is 0 Å². The third-order valence-corrected chi connectivity index (χ3v) is 2.64. The van der Waals surface area contributed by atoms with E-state index < -0.39 is 0 Å². The second-order valence-corrected chi connectivity index (χ2v) is 3.65. The zero-order valence-electron chi connectivity index (χ0n) is 9.44. The van der Waals surface area contributed by atoms with Gasteiger partial charge in [-0.25, -0.2) is 4.98 Å². The highest BCUT2D eigenvalue weighted by atomic mass is 16.1. The van der Waals surface area contributed by atoms with Gasteiger partial charge in [0.15, 0.2) is 0 Å². The van der Waals surface area contributed by atoms with Gasteiger partial charge < -0.3 is 5.32 Å². The Kier molecular flexibility index (Phi) is 5.04. The molecule has 15 heavy (non-hydrogen) atoms. The highest BCUT2D eigenvalue weighted by molar-refractivity contribution is 4.81. The van der Waals surface area contributed by atoms with Crippen LogP contribution >= 0.6 is 0 Å². The molecule has 4 nitrogen and oxygen atoms in total. The van der Waals surface area contributed by atoms with Gasteiger partial charge in [0.25, 0.3) is 5.56 Å². The molecule has 4 heteroatoms. The lowest BCUT2D eigenvalue weighted by atomic mass is 10.1. The number of nitrogens with zero attached hydrogens (tertiary/aromatic N) is 2. The summed E-state index contributed by atoms with van der Waals surface area (Å²) in [7, 11) is 1.98. The lowest BCUT2D eigenvalue weighted by molar-refractivity contribution is 0.464. The zero-order chi connectivity index (χ0) is 11.1. The van der Waals surface area contributed by atoms with E-state index in [-0.39, 0.29) is 5.56 Å². The monoisotopic (exact) mass is 209 g/mol. The summed E-state index contributed by atoms with van der Waals surface area (Å²) in [5, 5.41) is 3.25. The molecule has 1 unspecified atom stereocenters. The molecule has 0 aliphatic carbocycles. The van der Waals surface area contributed by atoms with Crippen molar-refractivity contribution in [3.8, 4) is 0 Å². The molecule has 0 radical (unpaired) electrons. The van der Waals surface area contributed by atoms with Gasteiger partial charge in [-0.05, 0) is 26.3 Å². The Balaban J connectivity index is 2.38. The zero-order valence-corrected chi connectivity index (χ0v) is 9.44. The van der Waals surface area contributed by atoms with E-state index in [0.29, 0.717) is 6.04 Å². The first-order valence-electron chi connectivity index (χ1n) is 5.45. The standard InChI is InChI=1S/C11H19N3O/c1-3-10(12-2)5-4-8-14-9-13-7-6-11(14)15/h6-7,9-10,12H,3-5,8H2,1-2H3. The molecule has 1 aromatic heterocycles. The molecule has 84 valence electrons. The van der Waals surface area contributed by atoms with E-state index in [9.17, 15) is 4.79 Å². The van der Waals surface area contributed by atoms with Gasteiger partial charge >= 0.3 is 0 Å². The van der Waals surface area contributed by atoms with Crippen LogP contribution in [-0.2, 0) is 6.54 Å². The molecule has 0 fully saturated rings. The molecular formula is C11H19N3O. The van der Waals surface area contributed by atoms with Gasteiger partial charge in [0.2, 0.25) is 0 Å². The summed E-state index contributed by atoms with van der Waals surface area (Å²) in [6, 6.07) is 2.05. The lowest BCUT2D eigenvalue weighted by Gasteiger charge is -2.13. The second-order valence-electron chi connectivity index (χ2n) is 3.65. The number of rotatable bonds is 6. The fraction of sp³-hybridized carbons (Fsp3) is 0.636. The first-order chi connectivity index (χ1) is 7.27. The Morgan fingerprint density at radius 1 is 1.60 bits per heavy atom. The maximum absolute atomic E-state index is 11.3. The summed E-state index contributed by atoms with van der Waals surface area (Å²) in [6.45, 7) is 2.92. The SMILES string of the molecule is CCC(CCCn1cnccc1=O)NC. The van der Waals surface area contributed by atoms with Gasteiger partial charge in [-0.15, -0.1) is 0 Å². The van der Waals surface area contributed by atoms with E-state index in [0.717, 1.165) is 25.8 Å². The molecular weight excluding hydrogens is 190 g/mol. The minimum atomic E-state index is 0.0301. The average molecular weight is 209 g/mol. The van der Waals surface area contributed by atoms with E-state index in [4.69, 9.17) is 0 Å². The van der Waals surface area contributed by atoms with Gasteiger partial charge in [-0.3, -0.25) is 9.36 Å². The van der Waals surface area contributed by atoms with Crippen molar-refractivity contribution in [2.24, 2.45) is 0 Å². The molecule has 0 aromatic carbocycles. The Morgan fingerprint density at radius 2 is 2.40 bits per heavy atom. The van der Waals surface area contributed by atoms with Crippen molar-refractivity contribution in [2.75, 3.05) is 7.05 Å². The van der Waals surface area contributed by atoms with E-state index in [1.54, 1.807) is 10.9 Å². The fourth-order valence-electron chi connectivity index (χ4n) is 1.61. The number of hydrogen-bond acceptors (Lipinski definition) is 3. The molecule has 1 heterocycles. The Morgan fingerprint density at radius 3 is 3.00 bits per heavy atom. The summed E-state index contributed by atoms with van der Waals surface area (Å²) in [6.07, 6.45) is 6.35. The topological polar surface area (TPSA) is 46.9 Å². The summed E-state index contributed by atoms with van der Waals surface area (Å²) in [5.74, 6) is 0. The predicted molar refractivity (Wildman–Crippen MR) is 60.9 cm³/mol. The highest BCUT2D eigenvalue weighted by Gasteiger charge is 2.02. The maximum atomic E-state index is 11.3. The second kappa shape index (κ2) is 6.35. The van der Waals surface area contributed by atoms with Gasteiger partial charge in [-0.1, -0.05) is 6.92 Å². The van der Waals surface area contributed by atoms with Gasteiger partial charge in [0, 0.05) is 24.8 Å². The van der Waals surface area contributed by atoms with Crippen LogP contribution in [0.25, 0.3) is 0 Å².